The highest BCUT2D eigenvalue weighted by Crippen LogP contribution is 2.22. The van der Waals surface area contributed by atoms with Crippen LogP contribution in [-0.2, 0) is 5.75 Å². The Morgan fingerprint density at radius 3 is 2.30 bits per heavy atom. The van der Waals surface area contributed by atoms with Crippen molar-refractivity contribution in [2.45, 2.75) is 12.7 Å². The number of piperazine rings is 1. The lowest BCUT2D eigenvalue weighted by Crippen LogP contribution is -2.47. The lowest BCUT2D eigenvalue weighted by Gasteiger charge is -2.37. The molecule has 0 spiro atoms. The van der Waals surface area contributed by atoms with Gasteiger partial charge in [-0.05, 0) is 48.9 Å². The molecule has 3 N–H and O–H groups in total. The number of benzene rings is 3. The Balaban J connectivity index is 1.24. The third-order valence-corrected chi connectivity index (χ3v) is 7.32. The van der Waals surface area contributed by atoms with Crippen LogP contribution in [0.2, 0.25) is 0 Å². The number of carbonyl (C=O) groups excluding carboxylic acids is 1. The van der Waals surface area contributed by atoms with Gasteiger partial charge in [-0.25, -0.2) is 0 Å². The van der Waals surface area contributed by atoms with Crippen LogP contribution in [0.5, 0.6) is 0 Å². The van der Waals surface area contributed by atoms with Crippen molar-refractivity contribution >= 4 is 51.3 Å². The Kier molecular flexibility index (Phi) is 7.52. The van der Waals surface area contributed by atoms with Crippen LogP contribution in [0.4, 0.5) is 17.1 Å². The Morgan fingerprint density at radius 1 is 0.970 bits per heavy atom. The molecule has 4 rings (SSSR count). The van der Waals surface area contributed by atoms with Crippen molar-refractivity contribution < 1.29 is 4.79 Å². The molecule has 0 aliphatic carbocycles. The SMILES string of the molecule is Cc1ccc(N2CCN(C(=S)SCc3ccc(C(=O)Nc4ccccc4N)cc3)CC2)cc1. The maximum atomic E-state index is 12.5. The first kappa shape index (κ1) is 23.1. The van der Waals surface area contributed by atoms with Crippen LogP contribution >= 0.6 is 24.0 Å². The maximum absolute atomic E-state index is 12.5. The molecule has 0 radical (unpaired) electrons. The molecule has 1 fully saturated rings. The van der Waals surface area contributed by atoms with E-state index in [1.165, 1.54) is 11.3 Å². The molecule has 3 aromatic rings. The number of rotatable bonds is 5. The van der Waals surface area contributed by atoms with Gasteiger partial charge >= 0.3 is 0 Å². The lowest BCUT2D eigenvalue weighted by molar-refractivity contribution is 0.102. The number of aryl methyl sites for hydroxylation is 1. The summed E-state index contributed by atoms with van der Waals surface area (Å²) in [7, 11) is 0. The molecule has 0 saturated carbocycles. The number of thiocarbonyl (C=S) groups is 1. The molecule has 3 aromatic carbocycles. The highest BCUT2D eigenvalue weighted by Gasteiger charge is 2.19. The molecule has 0 bridgehead atoms. The summed E-state index contributed by atoms with van der Waals surface area (Å²) in [4.78, 5) is 17.2. The molecule has 0 atom stereocenters. The van der Waals surface area contributed by atoms with E-state index in [-0.39, 0.29) is 5.91 Å². The zero-order chi connectivity index (χ0) is 23.2. The van der Waals surface area contributed by atoms with E-state index in [0.29, 0.717) is 16.9 Å². The van der Waals surface area contributed by atoms with Crippen molar-refractivity contribution in [3.05, 3.63) is 89.5 Å². The smallest absolute Gasteiger partial charge is 0.255 e. The van der Waals surface area contributed by atoms with Gasteiger partial charge in [0.05, 0.1) is 11.4 Å². The van der Waals surface area contributed by atoms with Crippen molar-refractivity contribution in [1.82, 2.24) is 4.90 Å². The van der Waals surface area contributed by atoms with Crippen LogP contribution in [0.25, 0.3) is 0 Å². The van der Waals surface area contributed by atoms with Gasteiger partial charge in [0, 0.05) is 43.2 Å². The van der Waals surface area contributed by atoms with Crippen LogP contribution in [-0.4, -0.2) is 41.3 Å². The predicted molar refractivity (Wildman–Crippen MR) is 144 cm³/mol. The first-order chi connectivity index (χ1) is 16.0. The first-order valence-electron chi connectivity index (χ1n) is 11.0. The zero-order valence-corrected chi connectivity index (χ0v) is 20.3. The molecular formula is C26H28N4OS2. The van der Waals surface area contributed by atoms with Crippen LogP contribution < -0.4 is 16.0 Å². The molecule has 0 aromatic heterocycles. The van der Waals surface area contributed by atoms with Gasteiger partial charge in [0.25, 0.3) is 5.91 Å². The first-order valence-corrected chi connectivity index (χ1v) is 12.4. The summed E-state index contributed by atoms with van der Waals surface area (Å²) in [6.45, 7) is 5.92. The Hall–Kier alpha value is -3.03. The van der Waals surface area contributed by atoms with Crippen LogP contribution in [0.15, 0.2) is 72.8 Å². The van der Waals surface area contributed by atoms with E-state index in [1.54, 1.807) is 23.9 Å². The van der Waals surface area contributed by atoms with Gasteiger partial charge in [-0.1, -0.05) is 65.9 Å². The number of amides is 1. The summed E-state index contributed by atoms with van der Waals surface area (Å²) in [5.74, 6) is 0.610. The Bertz CT molecular complexity index is 1110. The summed E-state index contributed by atoms with van der Waals surface area (Å²) in [5.41, 5.74) is 11.4. The van der Waals surface area contributed by atoms with Crippen molar-refractivity contribution in [3.63, 3.8) is 0 Å². The minimum atomic E-state index is -0.172. The van der Waals surface area contributed by atoms with E-state index in [2.05, 4.69) is 46.3 Å². The minimum Gasteiger partial charge on any atom is -0.397 e. The van der Waals surface area contributed by atoms with Gasteiger partial charge in [0.15, 0.2) is 0 Å². The number of carbonyl (C=O) groups is 1. The predicted octanol–water partition coefficient (Wildman–Crippen LogP) is 5.17. The maximum Gasteiger partial charge on any atom is 0.255 e. The molecular weight excluding hydrogens is 448 g/mol. The molecule has 7 heteroatoms. The van der Waals surface area contributed by atoms with Gasteiger partial charge in [0.2, 0.25) is 0 Å². The van der Waals surface area contributed by atoms with E-state index >= 15 is 0 Å². The number of nitrogen functional groups attached to an aromatic ring is 1. The number of hydrogen-bond acceptors (Lipinski definition) is 5. The molecule has 1 amide bonds. The average molecular weight is 477 g/mol. The van der Waals surface area contributed by atoms with E-state index in [4.69, 9.17) is 18.0 Å². The monoisotopic (exact) mass is 476 g/mol. The number of nitrogens with one attached hydrogen (secondary N) is 1. The minimum absolute atomic E-state index is 0.172. The second-order valence-electron chi connectivity index (χ2n) is 8.10. The van der Waals surface area contributed by atoms with E-state index in [0.717, 1.165) is 41.8 Å². The van der Waals surface area contributed by atoms with Gasteiger partial charge in [0.1, 0.15) is 4.32 Å². The van der Waals surface area contributed by atoms with Gasteiger partial charge < -0.3 is 20.9 Å². The third-order valence-electron chi connectivity index (χ3n) is 5.72. The fourth-order valence-corrected chi connectivity index (χ4v) is 4.90. The normalized spacial score (nSPS) is 13.6. The largest absolute Gasteiger partial charge is 0.397 e. The number of thioether (sulfide) groups is 1. The van der Waals surface area contributed by atoms with Crippen LogP contribution in [0.3, 0.4) is 0 Å². The summed E-state index contributed by atoms with van der Waals surface area (Å²) < 4.78 is 0.930. The lowest BCUT2D eigenvalue weighted by atomic mass is 10.1. The molecule has 0 unspecified atom stereocenters. The fraction of sp³-hybridized carbons (Fsp3) is 0.231. The highest BCUT2D eigenvalue weighted by molar-refractivity contribution is 8.22. The molecule has 1 heterocycles. The molecule has 1 aliphatic heterocycles. The summed E-state index contributed by atoms with van der Waals surface area (Å²) in [6.07, 6.45) is 0. The second-order valence-corrected chi connectivity index (χ2v) is 9.71. The summed E-state index contributed by atoms with van der Waals surface area (Å²) in [5, 5.41) is 2.86. The average Bonchev–Trinajstić information content (AvgIpc) is 2.85. The van der Waals surface area contributed by atoms with Crippen molar-refractivity contribution in [3.8, 4) is 0 Å². The number of para-hydroxylation sites is 2. The molecule has 5 nitrogen and oxygen atoms in total. The van der Waals surface area contributed by atoms with Gasteiger partial charge in [-0.15, -0.1) is 0 Å². The highest BCUT2D eigenvalue weighted by atomic mass is 32.2. The van der Waals surface area contributed by atoms with E-state index in [1.807, 2.05) is 36.4 Å². The second kappa shape index (κ2) is 10.7. The molecule has 1 saturated heterocycles. The van der Waals surface area contributed by atoms with Crippen molar-refractivity contribution in [2.75, 3.05) is 42.1 Å². The summed E-state index contributed by atoms with van der Waals surface area (Å²) >= 11 is 7.37. The van der Waals surface area contributed by atoms with Crippen LogP contribution in [0, 0.1) is 6.92 Å². The Morgan fingerprint density at radius 2 is 1.64 bits per heavy atom. The number of nitrogens with zero attached hydrogens (tertiary/aromatic N) is 2. The topological polar surface area (TPSA) is 61.6 Å². The van der Waals surface area contributed by atoms with Gasteiger partial charge in [-0.3, -0.25) is 4.79 Å². The van der Waals surface area contributed by atoms with Crippen LogP contribution in [0.1, 0.15) is 21.5 Å². The van der Waals surface area contributed by atoms with Crippen molar-refractivity contribution in [1.29, 1.82) is 0 Å². The standard InChI is InChI=1S/C26H28N4OS2/c1-19-6-12-22(13-7-19)29-14-16-30(17-15-29)26(32)33-18-20-8-10-21(11-9-20)25(31)28-24-5-3-2-4-23(24)27/h2-13H,14-18,27H2,1H3,(H,28,31). The summed E-state index contributed by atoms with van der Waals surface area (Å²) in [6, 6.07) is 23.6. The number of anilines is 3. The quantitative estimate of drug-likeness (QED) is 0.391. The molecule has 1 aliphatic rings. The zero-order valence-electron chi connectivity index (χ0n) is 18.7. The molecule has 33 heavy (non-hydrogen) atoms. The fourth-order valence-electron chi connectivity index (χ4n) is 3.70. The number of nitrogens with two attached hydrogens (primary N) is 1. The molecule has 170 valence electrons. The van der Waals surface area contributed by atoms with E-state index < -0.39 is 0 Å². The van der Waals surface area contributed by atoms with Gasteiger partial charge in [-0.2, -0.15) is 0 Å². The Labute approximate surface area is 205 Å². The third kappa shape index (κ3) is 6.06. The number of hydrogen-bond donors (Lipinski definition) is 2. The van der Waals surface area contributed by atoms with E-state index in [9.17, 15) is 4.79 Å². The van der Waals surface area contributed by atoms with Crippen molar-refractivity contribution in [2.24, 2.45) is 0 Å².